The van der Waals surface area contributed by atoms with E-state index in [0.29, 0.717) is 26.0 Å². The van der Waals surface area contributed by atoms with Gasteiger partial charge in [-0.2, -0.15) is 0 Å². The number of esters is 1. The fourth-order valence-electron chi connectivity index (χ4n) is 3.07. The highest BCUT2D eigenvalue weighted by Gasteiger charge is 2.11. The van der Waals surface area contributed by atoms with Gasteiger partial charge in [-0.15, -0.1) is 11.3 Å². The summed E-state index contributed by atoms with van der Waals surface area (Å²) in [6.45, 7) is 2.63. The number of carbonyl (C=O) groups is 1. The maximum absolute atomic E-state index is 12.2. The quantitative estimate of drug-likeness (QED) is 0.334. The van der Waals surface area contributed by atoms with Crippen LogP contribution in [0.1, 0.15) is 50.2 Å². The summed E-state index contributed by atoms with van der Waals surface area (Å²) in [4.78, 5) is 12.3. The molecule has 0 amide bonds. The maximum atomic E-state index is 12.2. The van der Waals surface area contributed by atoms with E-state index in [1.807, 2.05) is 35.7 Å². The number of sulfonamides is 1. The molecule has 0 fully saturated rings. The van der Waals surface area contributed by atoms with Crippen LogP contribution >= 0.6 is 11.3 Å². The smallest absolute Gasteiger partial charge is 0.305 e. The molecule has 1 aromatic carbocycles. The number of thiophene rings is 1. The fourth-order valence-corrected chi connectivity index (χ4v) is 5.10. The van der Waals surface area contributed by atoms with E-state index in [0.717, 1.165) is 47.3 Å². The first-order valence-electron chi connectivity index (χ1n) is 10.3. The van der Waals surface area contributed by atoms with E-state index in [-0.39, 0.29) is 18.3 Å². The highest BCUT2D eigenvalue weighted by Crippen LogP contribution is 2.29. The Hall–Kier alpha value is -1.74. The Morgan fingerprint density at radius 1 is 1.10 bits per heavy atom. The average molecular weight is 454 g/mol. The lowest BCUT2D eigenvalue weighted by atomic mass is 10.1. The lowest BCUT2D eigenvalue weighted by molar-refractivity contribution is -0.143. The summed E-state index contributed by atoms with van der Waals surface area (Å²) in [5.74, 6) is -0.119. The van der Waals surface area contributed by atoms with E-state index in [1.165, 1.54) is 0 Å². The molecule has 166 valence electrons. The van der Waals surface area contributed by atoms with Crippen molar-refractivity contribution in [3.8, 4) is 10.4 Å². The van der Waals surface area contributed by atoms with Gasteiger partial charge in [0.25, 0.3) is 0 Å². The predicted molar refractivity (Wildman–Crippen MR) is 121 cm³/mol. The van der Waals surface area contributed by atoms with Crippen LogP contribution in [0.25, 0.3) is 10.4 Å². The van der Waals surface area contributed by atoms with Crippen LogP contribution in [0.3, 0.4) is 0 Å². The third-order valence-corrected chi connectivity index (χ3v) is 7.12. The van der Waals surface area contributed by atoms with E-state index in [4.69, 9.17) is 4.74 Å². The second kappa shape index (κ2) is 12.8. The number of hydrogen-bond acceptors (Lipinski definition) is 6. The minimum absolute atomic E-state index is 0.00982. The fraction of sp³-hybridized carbons (Fsp3) is 0.500. The monoisotopic (exact) mass is 453 g/mol. The number of hydrogen-bond donors (Lipinski definition) is 2. The van der Waals surface area contributed by atoms with Crippen molar-refractivity contribution in [2.45, 2.75) is 52.1 Å². The second-order valence-corrected chi connectivity index (χ2v) is 9.90. The molecule has 0 bridgehead atoms. The van der Waals surface area contributed by atoms with Gasteiger partial charge in [-0.25, -0.2) is 13.1 Å². The average Bonchev–Trinajstić information content (AvgIpc) is 3.21. The Morgan fingerprint density at radius 3 is 2.53 bits per heavy atom. The van der Waals surface area contributed by atoms with Crippen molar-refractivity contribution in [3.63, 3.8) is 0 Å². The number of unbranched alkanes of at least 4 members (excludes halogenated alkanes) is 3. The summed E-state index contributed by atoms with van der Waals surface area (Å²) in [6.07, 6.45) is 4.16. The molecule has 30 heavy (non-hydrogen) atoms. The molecular weight excluding hydrogens is 422 g/mol. The van der Waals surface area contributed by atoms with Gasteiger partial charge < -0.3 is 9.84 Å². The number of ether oxygens (including phenoxy) is 1. The normalized spacial score (nSPS) is 11.5. The Morgan fingerprint density at radius 2 is 1.83 bits per heavy atom. The van der Waals surface area contributed by atoms with Crippen molar-refractivity contribution in [1.82, 2.24) is 4.72 Å². The molecule has 0 saturated heterocycles. The lowest BCUT2D eigenvalue weighted by Crippen LogP contribution is -2.28. The topological polar surface area (TPSA) is 92.7 Å². The molecule has 0 aliphatic rings. The molecule has 0 saturated carbocycles. The molecule has 8 heteroatoms. The molecule has 2 N–H and O–H groups in total. The number of aliphatic hydroxyl groups is 1. The molecule has 0 radical (unpaired) electrons. The number of rotatable bonds is 14. The van der Waals surface area contributed by atoms with E-state index in [1.54, 1.807) is 18.3 Å². The van der Waals surface area contributed by atoms with Crippen LogP contribution in [0.5, 0.6) is 0 Å². The van der Waals surface area contributed by atoms with Gasteiger partial charge in [-0.1, -0.05) is 37.1 Å². The van der Waals surface area contributed by atoms with Crippen molar-refractivity contribution in [2.24, 2.45) is 0 Å². The summed E-state index contributed by atoms with van der Waals surface area (Å²) < 4.78 is 31.9. The van der Waals surface area contributed by atoms with Crippen molar-refractivity contribution >= 4 is 27.3 Å². The van der Waals surface area contributed by atoms with Crippen LogP contribution < -0.4 is 4.72 Å². The van der Waals surface area contributed by atoms with Crippen molar-refractivity contribution < 1.29 is 23.1 Å². The lowest BCUT2D eigenvalue weighted by Gasteiger charge is -2.08. The van der Waals surface area contributed by atoms with Gasteiger partial charge in [-0.3, -0.25) is 4.79 Å². The number of aryl methyl sites for hydroxylation is 1. The van der Waals surface area contributed by atoms with Gasteiger partial charge in [0.2, 0.25) is 10.0 Å². The largest absolute Gasteiger partial charge is 0.466 e. The van der Waals surface area contributed by atoms with Crippen LogP contribution in [-0.4, -0.2) is 38.4 Å². The molecule has 2 aromatic rings. The first-order chi connectivity index (χ1) is 14.4. The molecule has 1 aromatic heterocycles. The number of carbonyl (C=O) groups excluding carboxylic acids is 1. The third-order valence-electron chi connectivity index (χ3n) is 4.73. The van der Waals surface area contributed by atoms with Crippen LogP contribution in [0.4, 0.5) is 0 Å². The minimum atomic E-state index is -3.31. The van der Waals surface area contributed by atoms with E-state index < -0.39 is 10.0 Å². The summed E-state index contributed by atoms with van der Waals surface area (Å²) in [5.41, 5.74) is 2.90. The maximum Gasteiger partial charge on any atom is 0.305 e. The molecular formula is C22H31NO5S2. The highest BCUT2D eigenvalue weighted by atomic mass is 32.2. The SMILES string of the molecule is CCOC(=O)CCCCCCNS(=O)(=O)CCc1ccc(-c2sccc2CO)cc1. The van der Waals surface area contributed by atoms with Crippen LogP contribution in [0.2, 0.25) is 0 Å². The molecule has 0 spiro atoms. The highest BCUT2D eigenvalue weighted by molar-refractivity contribution is 7.89. The van der Waals surface area contributed by atoms with Gasteiger partial charge in [0.15, 0.2) is 0 Å². The van der Waals surface area contributed by atoms with Gasteiger partial charge in [0, 0.05) is 17.8 Å². The number of aliphatic hydroxyl groups excluding tert-OH is 1. The Bertz CT molecular complexity index is 875. The van der Waals surface area contributed by atoms with Gasteiger partial charge in [-0.05, 0) is 54.3 Å². The number of benzene rings is 1. The van der Waals surface area contributed by atoms with Gasteiger partial charge >= 0.3 is 5.97 Å². The summed E-state index contributed by atoms with van der Waals surface area (Å²) in [7, 11) is -3.31. The molecule has 0 aliphatic heterocycles. The van der Waals surface area contributed by atoms with Crippen LogP contribution in [0.15, 0.2) is 35.7 Å². The zero-order valence-corrected chi connectivity index (χ0v) is 19.1. The molecule has 0 aliphatic carbocycles. The van der Waals surface area contributed by atoms with Crippen molar-refractivity contribution in [3.05, 3.63) is 46.8 Å². The molecule has 0 atom stereocenters. The second-order valence-electron chi connectivity index (χ2n) is 7.06. The van der Waals surface area contributed by atoms with Gasteiger partial charge in [0.05, 0.1) is 19.0 Å². The zero-order chi connectivity index (χ0) is 21.8. The van der Waals surface area contributed by atoms with E-state index in [9.17, 15) is 18.3 Å². The van der Waals surface area contributed by atoms with Crippen LogP contribution in [0, 0.1) is 0 Å². The molecule has 6 nitrogen and oxygen atoms in total. The summed E-state index contributed by atoms with van der Waals surface area (Å²) in [6, 6.07) is 9.73. The zero-order valence-electron chi connectivity index (χ0n) is 17.4. The van der Waals surface area contributed by atoms with E-state index >= 15 is 0 Å². The summed E-state index contributed by atoms with van der Waals surface area (Å²) >= 11 is 1.58. The van der Waals surface area contributed by atoms with Crippen molar-refractivity contribution in [2.75, 3.05) is 18.9 Å². The van der Waals surface area contributed by atoms with Crippen LogP contribution in [-0.2, 0) is 32.6 Å². The molecule has 2 rings (SSSR count). The van der Waals surface area contributed by atoms with Gasteiger partial charge in [0.1, 0.15) is 0 Å². The predicted octanol–water partition coefficient (Wildman–Crippen LogP) is 3.88. The number of nitrogens with one attached hydrogen (secondary N) is 1. The molecule has 0 unspecified atom stereocenters. The summed E-state index contributed by atoms with van der Waals surface area (Å²) in [5, 5.41) is 11.3. The van der Waals surface area contributed by atoms with Crippen molar-refractivity contribution in [1.29, 1.82) is 0 Å². The Balaban J connectivity index is 1.66. The first-order valence-corrected chi connectivity index (χ1v) is 12.9. The molecule has 1 heterocycles. The Labute approximate surface area is 183 Å². The Kier molecular flexibility index (Phi) is 10.5. The standard InChI is InChI=1S/C22H31NO5S2/c1-2-28-21(25)7-5-3-4-6-14-23-30(26,27)16-13-18-8-10-19(11-9-18)22-20(17-24)12-15-29-22/h8-12,15,23-24H,2-7,13-14,16-17H2,1H3. The van der Waals surface area contributed by atoms with E-state index in [2.05, 4.69) is 4.72 Å². The first kappa shape index (κ1) is 24.5. The minimum Gasteiger partial charge on any atom is -0.466 e. The third kappa shape index (κ3) is 8.55.